The zero-order valence-electron chi connectivity index (χ0n) is 21.6. The monoisotopic (exact) mass is 588 g/mol. The van der Waals surface area contributed by atoms with E-state index in [1.54, 1.807) is 0 Å². The van der Waals surface area contributed by atoms with Gasteiger partial charge in [0.15, 0.2) is 17.5 Å². The highest BCUT2D eigenvalue weighted by molar-refractivity contribution is 5.65. The molecule has 0 unspecified atom stereocenters. The molecular formula is C29H24F8O4. The molecule has 220 valence electrons. The number of benzene rings is 3. The molecule has 3 aromatic rings. The summed E-state index contributed by atoms with van der Waals surface area (Å²) in [5.41, 5.74) is -2.79. The lowest BCUT2D eigenvalue weighted by molar-refractivity contribution is -0.480. The van der Waals surface area contributed by atoms with Gasteiger partial charge in [-0.1, -0.05) is 38.3 Å². The Hall–Kier alpha value is -3.22. The van der Waals surface area contributed by atoms with Gasteiger partial charge in [0.25, 0.3) is 0 Å². The minimum atomic E-state index is -4.77. The smallest absolute Gasteiger partial charge is 0.429 e. The zero-order valence-corrected chi connectivity index (χ0v) is 21.6. The Labute approximate surface area is 229 Å². The van der Waals surface area contributed by atoms with Crippen LogP contribution in [-0.4, -0.2) is 19.8 Å². The van der Waals surface area contributed by atoms with Crippen LogP contribution in [0.5, 0.6) is 5.75 Å². The van der Waals surface area contributed by atoms with Crippen LogP contribution >= 0.6 is 0 Å². The molecule has 3 saturated heterocycles. The van der Waals surface area contributed by atoms with Gasteiger partial charge in [-0.3, -0.25) is 0 Å². The van der Waals surface area contributed by atoms with Crippen LogP contribution in [0.3, 0.4) is 0 Å². The fourth-order valence-electron chi connectivity index (χ4n) is 4.95. The second kappa shape index (κ2) is 10.9. The first-order valence-corrected chi connectivity index (χ1v) is 12.8. The summed E-state index contributed by atoms with van der Waals surface area (Å²) in [5.74, 6) is -13.1. The third-order valence-electron chi connectivity index (χ3n) is 7.19. The van der Waals surface area contributed by atoms with Crippen LogP contribution in [0.25, 0.3) is 11.1 Å². The molecule has 6 rings (SSSR count). The zero-order chi connectivity index (χ0) is 29.6. The fourth-order valence-corrected chi connectivity index (χ4v) is 4.95. The van der Waals surface area contributed by atoms with Crippen LogP contribution in [0.2, 0.25) is 0 Å². The summed E-state index contributed by atoms with van der Waals surface area (Å²) in [6, 6.07) is 4.63. The molecule has 3 heterocycles. The standard InChI is InChI=1S/C29H24F8O4/c1-2-3-4-7-27-13-38-29(39-14-27,40-15-27)17-5-6-19(20(30)10-17)16-8-21(31)25(22(32)9-16)28(36,37)41-18-11-23(33)26(35)24(34)12-18/h5-6,8-12H,2-4,7,13-15H2,1H3. The third kappa shape index (κ3) is 5.52. The Kier molecular flexibility index (Phi) is 7.77. The van der Waals surface area contributed by atoms with Crippen molar-refractivity contribution in [3.8, 4) is 16.9 Å². The Morgan fingerprint density at radius 3 is 1.88 bits per heavy atom. The van der Waals surface area contributed by atoms with Gasteiger partial charge in [0, 0.05) is 28.7 Å². The number of fused-ring (bicyclic) bond motifs is 3. The number of hydrogen-bond acceptors (Lipinski definition) is 4. The van der Waals surface area contributed by atoms with Crippen molar-refractivity contribution in [1.82, 2.24) is 0 Å². The highest BCUT2D eigenvalue weighted by Gasteiger charge is 2.53. The highest BCUT2D eigenvalue weighted by atomic mass is 19.3. The molecule has 0 aromatic heterocycles. The maximum atomic E-state index is 15.2. The summed E-state index contributed by atoms with van der Waals surface area (Å²) in [7, 11) is 0. The Morgan fingerprint density at radius 1 is 0.756 bits per heavy atom. The second-order valence-electron chi connectivity index (χ2n) is 10.2. The van der Waals surface area contributed by atoms with Crippen molar-refractivity contribution in [3.63, 3.8) is 0 Å². The van der Waals surface area contributed by atoms with Crippen LogP contribution in [0.1, 0.15) is 43.7 Å². The molecule has 0 spiro atoms. The molecule has 12 heteroatoms. The number of rotatable bonds is 9. The minimum absolute atomic E-state index is 0.0924. The van der Waals surface area contributed by atoms with E-state index in [4.69, 9.17) is 14.2 Å². The summed E-state index contributed by atoms with van der Waals surface area (Å²) in [6.45, 7) is 3.11. The van der Waals surface area contributed by atoms with Crippen LogP contribution in [0.15, 0.2) is 42.5 Å². The van der Waals surface area contributed by atoms with Crippen molar-refractivity contribution in [2.24, 2.45) is 5.41 Å². The lowest BCUT2D eigenvalue weighted by atomic mass is 9.82. The number of ether oxygens (including phenoxy) is 4. The van der Waals surface area contributed by atoms with E-state index in [1.165, 1.54) is 12.1 Å². The van der Waals surface area contributed by atoms with Gasteiger partial charge in [-0.2, -0.15) is 8.78 Å². The number of hydrogen-bond donors (Lipinski definition) is 0. The molecule has 2 bridgehead atoms. The molecule has 3 aromatic carbocycles. The van der Waals surface area contributed by atoms with Gasteiger partial charge in [-0.25, -0.2) is 26.3 Å². The van der Waals surface area contributed by atoms with E-state index in [2.05, 4.69) is 11.7 Å². The Morgan fingerprint density at radius 2 is 1.34 bits per heavy atom. The van der Waals surface area contributed by atoms with E-state index < -0.39 is 63.9 Å². The predicted octanol–water partition coefficient (Wildman–Crippen LogP) is 8.07. The summed E-state index contributed by atoms with van der Waals surface area (Å²) < 4.78 is 136. The van der Waals surface area contributed by atoms with Crippen molar-refractivity contribution >= 4 is 0 Å². The van der Waals surface area contributed by atoms with Crippen molar-refractivity contribution in [3.05, 3.63) is 88.5 Å². The van der Waals surface area contributed by atoms with Crippen LogP contribution in [0, 0.1) is 40.3 Å². The van der Waals surface area contributed by atoms with Gasteiger partial charge < -0.3 is 18.9 Å². The molecular weight excluding hydrogens is 564 g/mol. The quantitative estimate of drug-likeness (QED) is 0.144. The van der Waals surface area contributed by atoms with Crippen LogP contribution < -0.4 is 4.74 Å². The first-order valence-electron chi connectivity index (χ1n) is 12.8. The topological polar surface area (TPSA) is 36.9 Å². The van der Waals surface area contributed by atoms with Crippen molar-refractivity contribution in [2.75, 3.05) is 19.8 Å². The summed E-state index contributed by atoms with van der Waals surface area (Å²) in [6.07, 6.45) is -0.833. The first-order chi connectivity index (χ1) is 19.4. The summed E-state index contributed by atoms with van der Waals surface area (Å²) in [5, 5.41) is 0. The normalized spacial score (nSPS) is 22.3. The molecule has 3 fully saturated rings. The maximum Gasteiger partial charge on any atom is 0.432 e. The highest BCUT2D eigenvalue weighted by Crippen LogP contribution is 2.47. The van der Waals surface area contributed by atoms with Gasteiger partial charge in [-0.05, 0) is 30.2 Å². The molecule has 0 radical (unpaired) electrons. The van der Waals surface area contributed by atoms with E-state index >= 15 is 4.39 Å². The van der Waals surface area contributed by atoms with Gasteiger partial charge in [0.1, 0.15) is 28.8 Å². The molecule has 0 N–H and O–H groups in total. The maximum absolute atomic E-state index is 15.2. The van der Waals surface area contributed by atoms with Crippen LogP contribution in [0.4, 0.5) is 35.1 Å². The molecule has 4 nitrogen and oxygen atoms in total. The summed E-state index contributed by atoms with van der Waals surface area (Å²) >= 11 is 0. The minimum Gasteiger partial charge on any atom is -0.429 e. The molecule has 0 saturated carbocycles. The number of halogens is 8. The Balaban J connectivity index is 1.37. The van der Waals surface area contributed by atoms with E-state index in [0.29, 0.717) is 32.0 Å². The lowest BCUT2D eigenvalue weighted by Gasteiger charge is -2.52. The molecule has 0 atom stereocenters. The van der Waals surface area contributed by atoms with Gasteiger partial charge in [0.2, 0.25) is 0 Å². The average molecular weight is 588 g/mol. The van der Waals surface area contributed by atoms with Crippen LogP contribution in [-0.2, 0) is 26.3 Å². The van der Waals surface area contributed by atoms with Gasteiger partial charge >= 0.3 is 12.1 Å². The van der Waals surface area contributed by atoms with E-state index in [-0.39, 0.29) is 28.7 Å². The molecule has 41 heavy (non-hydrogen) atoms. The second-order valence-corrected chi connectivity index (χ2v) is 10.2. The van der Waals surface area contributed by atoms with Crippen molar-refractivity contribution in [2.45, 2.75) is 44.7 Å². The lowest BCUT2D eigenvalue weighted by Crippen LogP contribution is -2.58. The number of unbranched alkanes of at least 4 members (excludes halogenated alkanes) is 2. The van der Waals surface area contributed by atoms with Crippen molar-refractivity contribution < 1.29 is 54.1 Å². The van der Waals surface area contributed by atoms with Gasteiger partial charge in [-0.15, -0.1) is 0 Å². The molecule has 0 amide bonds. The number of alkyl halides is 2. The molecule has 3 aliphatic rings. The van der Waals surface area contributed by atoms with E-state index in [9.17, 15) is 30.7 Å². The average Bonchev–Trinajstić information content (AvgIpc) is 2.92. The van der Waals surface area contributed by atoms with Gasteiger partial charge in [0.05, 0.1) is 19.8 Å². The molecule has 0 aliphatic carbocycles. The third-order valence-corrected chi connectivity index (χ3v) is 7.19. The predicted molar refractivity (Wildman–Crippen MR) is 129 cm³/mol. The first kappa shape index (κ1) is 29.3. The Bertz CT molecular complexity index is 1390. The fraction of sp³-hybridized carbons (Fsp3) is 0.379. The summed E-state index contributed by atoms with van der Waals surface area (Å²) in [4.78, 5) is 0. The largest absolute Gasteiger partial charge is 0.432 e. The van der Waals surface area contributed by atoms with E-state index in [0.717, 1.165) is 31.7 Å². The van der Waals surface area contributed by atoms with Crippen molar-refractivity contribution in [1.29, 1.82) is 0 Å². The molecule has 3 aliphatic heterocycles. The SMILES string of the molecule is CCCCCC12COC(c3ccc(-c4cc(F)c(C(F)(F)Oc5cc(F)c(F)c(F)c5)c(F)c4)c(F)c3)(OC1)OC2. The van der Waals surface area contributed by atoms with E-state index in [1.807, 2.05) is 0 Å².